The number of aromatic nitrogens is 1. The van der Waals surface area contributed by atoms with Crippen LogP contribution in [-0.4, -0.2) is 41.1 Å². The van der Waals surface area contributed by atoms with Gasteiger partial charge in [0.05, 0.1) is 6.54 Å². The molecule has 0 radical (unpaired) electrons. The van der Waals surface area contributed by atoms with Crippen LogP contribution in [0.2, 0.25) is 5.15 Å². The van der Waals surface area contributed by atoms with Crippen molar-refractivity contribution in [1.29, 1.82) is 0 Å². The van der Waals surface area contributed by atoms with E-state index in [0.717, 1.165) is 0 Å². The number of carboxylic acids is 1. The molecule has 1 rings (SSSR count). The van der Waals surface area contributed by atoms with Crippen LogP contribution in [0.4, 0.5) is 5.82 Å². The van der Waals surface area contributed by atoms with Gasteiger partial charge in [-0.2, -0.15) is 0 Å². The number of aromatic carboxylic acids is 1. The lowest BCUT2D eigenvalue weighted by Gasteiger charge is -2.23. The van der Waals surface area contributed by atoms with Crippen LogP contribution in [0.25, 0.3) is 0 Å². The van der Waals surface area contributed by atoms with Crippen LogP contribution < -0.4 is 10.2 Å². The lowest BCUT2D eigenvalue weighted by atomic mass is 10.2. The van der Waals surface area contributed by atoms with E-state index in [-0.39, 0.29) is 35.0 Å². The van der Waals surface area contributed by atoms with Crippen molar-refractivity contribution in [1.82, 2.24) is 10.3 Å². The summed E-state index contributed by atoms with van der Waals surface area (Å²) in [5.74, 6) is -1.10. The van der Waals surface area contributed by atoms with Gasteiger partial charge in [0.1, 0.15) is 16.5 Å². The molecule has 0 atom stereocenters. The Bertz CT molecular complexity index is 506. The zero-order valence-electron chi connectivity index (χ0n) is 11.7. The second-order valence-electron chi connectivity index (χ2n) is 4.55. The van der Waals surface area contributed by atoms with Crippen LogP contribution in [0.3, 0.4) is 0 Å². The number of nitrogens with zero attached hydrogens (tertiary/aromatic N) is 2. The number of carboxylic acid groups (broad SMARTS) is 1. The van der Waals surface area contributed by atoms with Crippen LogP contribution in [0, 0.1) is 0 Å². The number of likely N-dealkylation sites (N-methyl/N-ethyl adjacent to an activating group) is 1. The summed E-state index contributed by atoms with van der Waals surface area (Å²) in [5.41, 5.74) is 0.0218. The molecule has 20 heavy (non-hydrogen) atoms. The summed E-state index contributed by atoms with van der Waals surface area (Å²) in [4.78, 5) is 28.6. The van der Waals surface area contributed by atoms with Crippen molar-refractivity contribution >= 4 is 29.3 Å². The van der Waals surface area contributed by atoms with E-state index in [2.05, 4.69) is 10.3 Å². The SMILES string of the molecule is CCN(CC(=O)NC(C)C)c1nc(Cl)ccc1C(=O)O. The van der Waals surface area contributed by atoms with Gasteiger partial charge in [-0.1, -0.05) is 11.6 Å². The van der Waals surface area contributed by atoms with Crippen molar-refractivity contribution < 1.29 is 14.7 Å². The topological polar surface area (TPSA) is 82.5 Å². The van der Waals surface area contributed by atoms with Gasteiger partial charge >= 0.3 is 5.97 Å². The average molecular weight is 300 g/mol. The summed E-state index contributed by atoms with van der Waals surface area (Å²) in [7, 11) is 0. The Labute approximate surface area is 122 Å². The quantitative estimate of drug-likeness (QED) is 0.783. The highest BCUT2D eigenvalue weighted by molar-refractivity contribution is 6.29. The molecule has 6 nitrogen and oxygen atoms in total. The molecule has 0 spiro atoms. The molecule has 0 aliphatic carbocycles. The third-order valence-corrected chi connectivity index (χ3v) is 2.75. The number of carbonyl (C=O) groups is 2. The molecule has 1 heterocycles. The Balaban J connectivity index is 3.02. The Hall–Kier alpha value is -1.82. The first kappa shape index (κ1) is 16.2. The van der Waals surface area contributed by atoms with E-state index in [4.69, 9.17) is 11.6 Å². The van der Waals surface area contributed by atoms with Gasteiger partial charge in [-0.25, -0.2) is 9.78 Å². The van der Waals surface area contributed by atoms with Crippen LogP contribution in [0.5, 0.6) is 0 Å². The maximum Gasteiger partial charge on any atom is 0.339 e. The van der Waals surface area contributed by atoms with E-state index in [9.17, 15) is 14.7 Å². The van der Waals surface area contributed by atoms with Gasteiger partial charge < -0.3 is 15.3 Å². The minimum Gasteiger partial charge on any atom is -0.478 e. The van der Waals surface area contributed by atoms with Gasteiger partial charge in [-0.15, -0.1) is 0 Å². The summed E-state index contributed by atoms with van der Waals surface area (Å²) < 4.78 is 0. The monoisotopic (exact) mass is 299 g/mol. The van der Waals surface area contributed by atoms with Gasteiger partial charge in [0.2, 0.25) is 5.91 Å². The Morgan fingerprint density at radius 1 is 1.45 bits per heavy atom. The minimum atomic E-state index is -1.10. The second kappa shape index (κ2) is 7.09. The smallest absolute Gasteiger partial charge is 0.339 e. The first-order valence-electron chi connectivity index (χ1n) is 6.29. The number of nitrogens with one attached hydrogen (secondary N) is 1. The number of amides is 1. The summed E-state index contributed by atoms with van der Waals surface area (Å²) in [6.45, 7) is 6.00. The van der Waals surface area contributed by atoms with Crippen molar-refractivity contribution in [2.75, 3.05) is 18.0 Å². The molecular weight excluding hydrogens is 282 g/mol. The van der Waals surface area contributed by atoms with Crippen molar-refractivity contribution in [3.63, 3.8) is 0 Å². The normalized spacial score (nSPS) is 10.4. The number of hydrogen-bond acceptors (Lipinski definition) is 4. The van der Waals surface area contributed by atoms with E-state index in [0.29, 0.717) is 6.54 Å². The number of hydrogen-bond donors (Lipinski definition) is 2. The number of halogens is 1. The first-order chi connectivity index (χ1) is 9.35. The number of carbonyl (C=O) groups excluding carboxylic acids is 1. The molecule has 1 amide bonds. The van der Waals surface area contributed by atoms with Gasteiger partial charge in [-0.05, 0) is 32.9 Å². The van der Waals surface area contributed by atoms with Crippen LogP contribution in [0.15, 0.2) is 12.1 Å². The number of rotatable bonds is 6. The van der Waals surface area contributed by atoms with E-state index < -0.39 is 5.97 Å². The average Bonchev–Trinajstić information content (AvgIpc) is 2.34. The fourth-order valence-corrected chi connectivity index (χ4v) is 1.85. The zero-order valence-corrected chi connectivity index (χ0v) is 12.4. The molecule has 0 aliphatic heterocycles. The molecule has 0 saturated heterocycles. The van der Waals surface area contributed by atoms with Gasteiger partial charge in [0, 0.05) is 12.6 Å². The highest BCUT2D eigenvalue weighted by Crippen LogP contribution is 2.20. The summed E-state index contributed by atoms with van der Waals surface area (Å²) in [6.07, 6.45) is 0. The molecule has 110 valence electrons. The summed E-state index contributed by atoms with van der Waals surface area (Å²) in [6, 6.07) is 2.82. The molecule has 2 N–H and O–H groups in total. The van der Waals surface area contributed by atoms with Crippen molar-refractivity contribution in [2.45, 2.75) is 26.8 Å². The maximum atomic E-state index is 11.8. The summed E-state index contributed by atoms with van der Waals surface area (Å²) >= 11 is 5.81. The molecule has 0 unspecified atom stereocenters. The van der Waals surface area contributed by atoms with E-state index in [1.54, 1.807) is 4.90 Å². The first-order valence-corrected chi connectivity index (χ1v) is 6.67. The molecule has 7 heteroatoms. The number of anilines is 1. The van der Waals surface area contributed by atoms with Crippen LogP contribution in [-0.2, 0) is 4.79 Å². The predicted octanol–water partition coefficient (Wildman–Crippen LogP) is 1.78. The highest BCUT2D eigenvalue weighted by atomic mass is 35.5. The molecule has 1 aromatic rings. The lowest BCUT2D eigenvalue weighted by molar-refractivity contribution is -0.120. The van der Waals surface area contributed by atoms with E-state index >= 15 is 0 Å². The van der Waals surface area contributed by atoms with Gasteiger partial charge in [-0.3, -0.25) is 4.79 Å². The molecule has 0 bridgehead atoms. The van der Waals surface area contributed by atoms with Crippen LogP contribution in [0.1, 0.15) is 31.1 Å². The fourth-order valence-electron chi connectivity index (χ4n) is 1.71. The molecule has 0 aromatic carbocycles. The minimum absolute atomic E-state index is 0.0208. The van der Waals surface area contributed by atoms with Crippen LogP contribution >= 0.6 is 11.6 Å². The second-order valence-corrected chi connectivity index (χ2v) is 4.93. The van der Waals surface area contributed by atoms with E-state index in [1.165, 1.54) is 12.1 Å². The molecule has 0 aliphatic rings. The van der Waals surface area contributed by atoms with E-state index in [1.807, 2.05) is 20.8 Å². The van der Waals surface area contributed by atoms with Crippen molar-refractivity contribution in [2.24, 2.45) is 0 Å². The Morgan fingerprint density at radius 2 is 2.10 bits per heavy atom. The lowest BCUT2D eigenvalue weighted by Crippen LogP contribution is -2.41. The van der Waals surface area contributed by atoms with Gasteiger partial charge in [0.15, 0.2) is 0 Å². The van der Waals surface area contributed by atoms with Gasteiger partial charge in [0.25, 0.3) is 0 Å². The molecule has 1 aromatic heterocycles. The molecular formula is C13H18ClN3O3. The maximum absolute atomic E-state index is 11.8. The van der Waals surface area contributed by atoms with Crippen molar-refractivity contribution in [3.8, 4) is 0 Å². The third kappa shape index (κ3) is 4.38. The standard InChI is InChI=1S/C13H18ClN3O3/c1-4-17(7-11(18)15-8(2)3)12-9(13(19)20)5-6-10(14)16-12/h5-6,8H,4,7H2,1-3H3,(H,15,18)(H,19,20). The molecule has 0 fully saturated rings. The number of pyridine rings is 1. The van der Waals surface area contributed by atoms with Crippen molar-refractivity contribution in [3.05, 3.63) is 22.8 Å². The largest absolute Gasteiger partial charge is 0.478 e. The summed E-state index contributed by atoms with van der Waals surface area (Å²) in [5, 5.41) is 12.1. The molecule has 0 saturated carbocycles. The third-order valence-electron chi connectivity index (χ3n) is 2.54. The Morgan fingerprint density at radius 3 is 2.60 bits per heavy atom. The highest BCUT2D eigenvalue weighted by Gasteiger charge is 2.19. The zero-order chi connectivity index (χ0) is 15.3. The fraction of sp³-hybridized carbons (Fsp3) is 0.462. The predicted molar refractivity (Wildman–Crippen MR) is 77.4 cm³/mol. The Kier molecular flexibility index (Phi) is 5.76.